The van der Waals surface area contributed by atoms with Crippen molar-refractivity contribution in [3.63, 3.8) is 0 Å². The number of aryl methyl sites for hydroxylation is 1. The number of halogens is 1. The summed E-state index contributed by atoms with van der Waals surface area (Å²) in [5.41, 5.74) is 7.38. The SMILES string of the molecule is CCc1nccn1-c1ccc(CC(N)CC)cc1F. The summed E-state index contributed by atoms with van der Waals surface area (Å²) in [6, 6.07) is 5.40. The van der Waals surface area contributed by atoms with E-state index in [0.29, 0.717) is 12.1 Å². The van der Waals surface area contributed by atoms with Crippen molar-refractivity contribution in [3.8, 4) is 5.69 Å². The van der Waals surface area contributed by atoms with E-state index in [4.69, 9.17) is 5.73 Å². The van der Waals surface area contributed by atoms with Gasteiger partial charge in [-0.15, -0.1) is 0 Å². The van der Waals surface area contributed by atoms with Gasteiger partial charge in [0.2, 0.25) is 0 Å². The lowest BCUT2D eigenvalue weighted by Gasteiger charge is -2.12. The first-order chi connectivity index (χ1) is 9.15. The molecular weight excluding hydrogens is 241 g/mol. The van der Waals surface area contributed by atoms with E-state index in [1.807, 2.05) is 19.9 Å². The van der Waals surface area contributed by atoms with E-state index in [1.54, 1.807) is 29.1 Å². The number of nitrogens with zero attached hydrogens (tertiary/aromatic N) is 2. The monoisotopic (exact) mass is 261 g/mol. The summed E-state index contributed by atoms with van der Waals surface area (Å²) in [6.45, 7) is 4.04. The highest BCUT2D eigenvalue weighted by molar-refractivity contribution is 5.38. The molecule has 0 saturated heterocycles. The van der Waals surface area contributed by atoms with Gasteiger partial charge in [-0.3, -0.25) is 0 Å². The number of benzene rings is 1. The molecule has 4 heteroatoms. The third kappa shape index (κ3) is 3.01. The van der Waals surface area contributed by atoms with Crippen molar-refractivity contribution in [2.75, 3.05) is 0 Å². The summed E-state index contributed by atoms with van der Waals surface area (Å²) in [5, 5.41) is 0. The predicted molar refractivity (Wildman–Crippen MR) is 74.9 cm³/mol. The molecule has 102 valence electrons. The van der Waals surface area contributed by atoms with Gasteiger partial charge in [0.25, 0.3) is 0 Å². The zero-order valence-corrected chi connectivity index (χ0v) is 11.4. The zero-order chi connectivity index (χ0) is 13.8. The van der Waals surface area contributed by atoms with Gasteiger partial charge in [-0.2, -0.15) is 0 Å². The topological polar surface area (TPSA) is 43.8 Å². The summed E-state index contributed by atoms with van der Waals surface area (Å²) in [5.74, 6) is 0.630. The second-order valence-corrected chi connectivity index (χ2v) is 4.73. The van der Waals surface area contributed by atoms with Crippen molar-refractivity contribution in [2.45, 2.75) is 39.2 Å². The van der Waals surface area contributed by atoms with Gasteiger partial charge in [-0.25, -0.2) is 9.37 Å². The number of aromatic nitrogens is 2. The first kappa shape index (κ1) is 13.7. The summed E-state index contributed by atoms with van der Waals surface area (Å²) in [4.78, 5) is 4.21. The Balaban J connectivity index is 2.29. The molecule has 2 aromatic rings. The normalized spacial score (nSPS) is 12.6. The third-order valence-electron chi connectivity index (χ3n) is 3.33. The van der Waals surface area contributed by atoms with Crippen LogP contribution in [-0.2, 0) is 12.8 Å². The van der Waals surface area contributed by atoms with Crippen molar-refractivity contribution >= 4 is 0 Å². The molecule has 1 unspecified atom stereocenters. The van der Waals surface area contributed by atoms with Crippen molar-refractivity contribution in [1.29, 1.82) is 0 Å². The second-order valence-electron chi connectivity index (χ2n) is 4.73. The second kappa shape index (κ2) is 5.97. The smallest absolute Gasteiger partial charge is 0.147 e. The van der Waals surface area contributed by atoms with Gasteiger partial charge in [0.05, 0.1) is 5.69 Å². The Labute approximate surface area is 113 Å². The molecule has 0 aliphatic carbocycles. The molecule has 2 rings (SSSR count). The molecule has 0 amide bonds. The van der Waals surface area contributed by atoms with Crippen molar-refractivity contribution in [3.05, 3.63) is 47.8 Å². The largest absolute Gasteiger partial charge is 0.327 e. The van der Waals surface area contributed by atoms with E-state index in [1.165, 1.54) is 0 Å². The van der Waals surface area contributed by atoms with Crippen LogP contribution in [0.25, 0.3) is 5.69 Å². The molecule has 1 aromatic carbocycles. The fraction of sp³-hybridized carbons (Fsp3) is 0.400. The van der Waals surface area contributed by atoms with Crippen molar-refractivity contribution < 1.29 is 4.39 Å². The average molecular weight is 261 g/mol. The Kier molecular flexibility index (Phi) is 4.32. The number of rotatable bonds is 5. The van der Waals surface area contributed by atoms with Crippen LogP contribution in [0.3, 0.4) is 0 Å². The van der Waals surface area contributed by atoms with Crippen LogP contribution in [0.1, 0.15) is 31.7 Å². The van der Waals surface area contributed by atoms with Gasteiger partial charge in [-0.05, 0) is 30.5 Å². The Morgan fingerprint density at radius 1 is 1.37 bits per heavy atom. The maximum absolute atomic E-state index is 14.2. The third-order valence-corrected chi connectivity index (χ3v) is 3.33. The van der Waals surface area contributed by atoms with Gasteiger partial charge < -0.3 is 10.3 Å². The van der Waals surface area contributed by atoms with Gasteiger partial charge in [0.1, 0.15) is 11.6 Å². The van der Waals surface area contributed by atoms with E-state index in [2.05, 4.69) is 4.98 Å². The quantitative estimate of drug-likeness (QED) is 0.899. The highest BCUT2D eigenvalue weighted by atomic mass is 19.1. The number of imidazole rings is 1. The Morgan fingerprint density at radius 3 is 2.79 bits per heavy atom. The fourth-order valence-electron chi connectivity index (χ4n) is 2.14. The molecule has 1 aromatic heterocycles. The minimum atomic E-state index is -0.228. The first-order valence-corrected chi connectivity index (χ1v) is 6.72. The molecule has 0 fully saturated rings. The van der Waals surface area contributed by atoms with E-state index >= 15 is 0 Å². The minimum Gasteiger partial charge on any atom is -0.327 e. The summed E-state index contributed by atoms with van der Waals surface area (Å²) >= 11 is 0. The molecule has 0 radical (unpaired) electrons. The molecule has 1 heterocycles. The lowest BCUT2D eigenvalue weighted by Crippen LogP contribution is -2.21. The van der Waals surface area contributed by atoms with Crippen LogP contribution >= 0.6 is 0 Å². The molecule has 0 spiro atoms. The maximum atomic E-state index is 14.2. The van der Waals surface area contributed by atoms with Crippen molar-refractivity contribution in [2.24, 2.45) is 5.73 Å². The molecular formula is C15H20FN3. The van der Waals surface area contributed by atoms with Crippen LogP contribution in [0.5, 0.6) is 0 Å². The van der Waals surface area contributed by atoms with Crippen LogP contribution in [0, 0.1) is 5.82 Å². The molecule has 0 aliphatic heterocycles. The zero-order valence-electron chi connectivity index (χ0n) is 11.4. The van der Waals surface area contributed by atoms with Gasteiger partial charge >= 0.3 is 0 Å². The highest BCUT2D eigenvalue weighted by Crippen LogP contribution is 2.18. The molecule has 0 bridgehead atoms. The van der Waals surface area contributed by atoms with Gasteiger partial charge in [0, 0.05) is 24.9 Å². The van der Waals surface area contributed by atoms with Crippen LogP contribution in [-0.4, -0.2) is 15.6 Å². The summed E-state index contributed by atoms with van der Waals surface area (Å²) in [7, 11) is 0. The molecule has 1 atom stereocenters. The summed E-state index contributed by atoms with van der Waals surface area (Å²) in [6.07, 6.45) is 5.85. The van der Waals surface area contributed by atoms with Crippen LogP contribution in [0.2, 0.25) is 0 Å². The standard InChI is InChI=1S/C15H20FN3/c1-3-12(17)9-11-5-6-14(13(16)10-11)19-8-7-18-15(19)4-2/h5-8,10,12H,3-4,9,17H2,1-2H3. The lowest BCUT2D eigenvalue weighted by atomic mass is 10.0. The molecule has 0 aliphatic rings. The van der Waals surface area contributed by atoms with Crippen LogP contribution in [0.15, 0.2) is 30.6 Å². The highest BCUT2D eigenvalue weighted by Gasteiger charge is 2.10. The van der Waals surface area contributed by atoms with E-state index in [0.717, 1.165) is 24.2 Å². The first-order valence-electron chi connectivity index (χ1n) is 6.72. The molecule has 3 nitrogen and oxygen atoms in total. The Hall–Kier alpha value is -1.68. The van der Waals surface area contributed by atoms with E-state index in [-0.39, 0.29) is 11.9 Å². The molecule has 19 heavy (non-hydrogen) atoms. The van der Waals surface area contributed by atoms with Crippen LogP contribution < -0.4 is 5.73 Å². The minimum absolute atomic E-state index is 0.0877. The Morgan fingerprint density at radius 2 is 2.16 bits per heavy atom. The van der Waals surface area contributed by atoms with E-state index < -0.39 is 0 Å². The van der Waals surface area contributed by atoms with Crippen LogP contribution in [0.4, 0.5) is 4.39 Å². The number of hydrogen-bond acceptors (Lipinski definition) is 2. The van der Waals surface area contributed by atoms with E-state index in [9.17, 15) is 4.39 Å². The van der Waals surface area contributed by atoms with Gasteiger partial charge in [0.15, 0.2) is 0 Å². The predicted octanol–water partition coefficient (Wildman–Crippen LogP) is 2.85. The van der Waals surface area contributed by atoms with Crippen molar-refractivity contribution in [1.82, 2.24) is 9.55 Å². The number of nitrogens with two attached hydrogens (primary N) is 1. The maximum Gasteiger partial charge on any atom is 0.147 e. The number of hydrogen-bond donors (Lipinski definition) is 1. The average Bonchev–Trinajstić information content (AvgIpc) is 2.87. The summed E-state index contributed by atoms with van der Waals surface area (Å²) < 4.78 is 16.0. The molecule has 0 saturated carbocycles. The fourth-order valence-corrected chi connectivity index (χ4v) is 2.14. The Bertz CT molecular complexity index is 548. The van der Waals surface area contributed by atoms with Gasteiger partial charge in [-0.1, -0.05) is 19.9 Å². The lowest BCUT2D eigenvalue weighted by molar-refractivity contribution is 0.605. The molecule has 2 N–H and O–H groups in total.